The standard InChI is InChI=1S/C12H15N5S/c1-8-15-12(17-16-8)18-11-9(3-2-6-13-11)7-14-10-4-5-10/h2-3,6,10,14H,4-5,7H2,1H3,(H,15,16,17). The van der Waals surface area contributed by atoms with Crippen molar-refractivity contribution in [1.29, 1.82) is 0 Å². The molecule has 1 aliphatic carbocycles. The quantitative estimate of drug-likeness (QED) is 0.860. The molecular formula is C12H15N5S. The van der Waals surface area contributed by atoms with Crippen molar-refractivity contribution in [3.8, 4) is 0 Å². The van der Waals surface area contributed by atoms with Crippen LogP contribution < -0.4 is 5.32 Å². The van der Waals surface area contributed by atoms with Gasteiger partial charge in [0.05, 0.1) is 0 Å². The average Bonchev–Trinajstić information content (AvgIpc) is 3.12. The Bertz CT molecular complexity index is 535. The van der Waals surface area contributed by atoms with Gasteiger partial charge < -0.3 is 5.32 Å². The number of aryl methyl sites for hydroxylation is 1. The third kappa shape index (κ3) is 2.88. The lowest BCUT2D eigenvalue weighted by atomic mass is 10.3. The van der Waals surface area contributed by atoms with Crippen molar-refractivity contribution >= 4 is 11.8 Å². The molecule has 2 N–H and O–H groups in total. The second-order valence-corrected chi connectivity index (χ2v) is 5.38. The third-order valence-electron chi connectivity index (χ3n) is 2.77. The van der Waals surface area contributed by atoms with Crippen LogP contribution in [0.1, 0.15) is 24.2 Å². The molecule has 1 fully saturated rings. The molecule has 0 amide bonds. The SMILES string of the molecule is Cc1nc(Sc2ncccc2CNC2CC2)n[nH]1. The van der Waals surface area contributed by atoms with Crippen LogP contribution in [0, 0.1) is 6.92 Å². The van der Waals surface area contributed by atoms with Gasteiger partial charge in [0.15, 0.2) is 0 Å². The summed E-state index contributed by atoms with van der Waals surface area (Å²) < 4.78 is 0. The Kier molecular flexibility index (Phi) is 3.29. The van der Waals surface area contributed by atoms with Crippen LogP contribution in [0.4, 0.5) is 0 Å². The lowest BCUT2D eigenvalue weighted by molar-refractivity contribution is 0.675. The van der Waals surface area contributed by atoms with E-state index in [9.17, 15) is 0 Å². The number of aromatic amines is 1. The maximum atomic E-state index is 4.41. The van der Waals surface area contributed by atoms with E-state index in [1.807, 2.05) is 19.2 Å². The predicted molar refractivity (Wildman–Crippen MR) is 69.3 cm³/mol. The first-order chi connectivity index (χ1) is 8.81. The molecule has 0 atom stereocenters. The van der Waals surface area contributed by atoms with Gasteiger partial charge in [0.25, 0.3) is 0 Å². The maximum Gasteiger partial charge on any atom is 0.214 e. The van der Waals surface area contributed by atoms with Crippen LogP contribution in [0.3, 0.4) is 0 Å². The van der Waals surface area contributed by atoms with E-state index in [4.69, 9.17) is 0 Å². The Morgan fingerprint density at radius 3 is 3.11 bits per heavy atom. The fourth-order valence-electron chi connectivity index (χ4n) is 1.65. The van der Waals surface area contributed by atoms with Gasteiger partial charge in [-0.3, -0.25) is 5.10 Å². The minimum Gasteiger partial charge on any atom is -0.310 e. The van der Waals surface area contributed by atoms with Gasteiger partial charge >= 0.3 is 0 Å². The van der Waals surface area contributed by atoms with Gasteiger partial charge in [-0.05, 0) is 43.2 Å². The molecule has 6 heteroatoms. The summed E-state index contributed by atoms with van der Waals surface area (Å²) >= 11 is 1.50. The van der Waals surface area contributed by atoms with Crippen LogP contribution >= 0.6 is 11.8 Å². The molecule has 0 spiro atoms. The highest BCUT2D eigenvalue weighted by Gasteiger charge is 2.20. The molecule has 2 aromatic heterocycles. The highest BCUT2D eigenvalue weighted by atomic mass is 32.2. The van der Waals surface area contributed by atoms with Gasteiger partial charge in [-0.25, -0.2) is 9.97 Å². The van der Waals surface area contributed by atoms with Crippen LogP contribution in [0.2, 0.25) is 0 Å². The first-order valence-electron chi connectivity index (χ1n) is 6.05. The summed E-state index contributed by atoms with van der Waals surface area (Å²) in [5.41, 5.74) is 1.21. The number of nitrogens with one attached hydrogen (secondary N) is 2. The van der Waals surface area contributed by atoms with E-state index in [-0.39, 0.29) is 0 Å². The van der Waals surface area contributed by atoms with Crippen molar-refractivity contribution in [2.75, 3.05) is 0 Å². The van der Waals surface area contributed by atoms with Gasteiger partial charge in [-0.15, -0.1) is 5.10 Å². The number of rotatable bonds is 5. The molecule has 0 radical (unpaired) electrons. The number of hydrogen-bond acceptors (Lipinski definition) is 5. The summed E-state index contributed by atoms with van der Waals surface area (Å²) in [4.78, 5) is 8.70. The molecule has 0 unspecified atom stereocenters. The van der Waals surface area contributed by atoms with E-state index in [0.29, 0.717) is 6.04 Å². The lowest BCUT2D eigenvalue weighted by Crippen LogP contribution is -2.16. The number of aromatic nitrogens is 4. The molecule has 2 aromatic rings. The third-order valence-corrected chi connectivity index (χ3v) is 3.70. The molecule has 5 nitrogen and oxygen atoms in total. The van der Waals surface area contributed by atoms with Crippen LogP contribution in [0.25, 0.3) is 0 Å². The topological polar surface area (TPSA) is 66.5 Å². The Labute approximate surface area is 110 Å². The summed E-state index contributed by atoms with van der Waals surface area (Å²) in [5.74, 6) is 0.825. The normalized spacial score (nSPS) is 14.9. The second kappa shape index (κ2) is 5.07. The molecule has 0 aromatic carbocycles. The molecular weight excluding hydrogens is 246 g/mol. The van der Waals surface area contributed by atoms with E-state index < -0.39 is 0 Å². The monoisotopic (exact) mass is 261 g/mol. The summed E-state index contributed by atoms with van der Waals surface area (Å²) in [6.07, 6.45) is 4.40. The predicted octanol–water partition coefficient (Wildman–Crippen LogP) is 1.91. The zero-order chi connectivity index (χ0) is 12.4. The summed E-state index contributed by atoms with van der Waals surface area (Å²) in [5, 5.41) is 12.2. The minimum atomic E-state index is 0.703. The van der Waals surface area contributed by atoms with E-state index >= 15 is 0 Å². The van der Waals surface area contributed by atoms with Gasteiger partial charge in [-0.1, -0.05) is 6.07 Å². The Balaban J connectivity index is 1.73. The molecule has 0 bridgehead atoms. The highest BCUT2D eigenvalue weighted by Crippen LogP contribution is 2.26. The van der Waals surface area contributed by atoms with E-state index in [2.05, 4.69) is 31.5 Å². The van der Waals surface area contributed by atoms with Crippen molar-refractivity contribution < 1.29 is 0 Å². The van der Waals surface area contributed by atoms with Crippen LogP contribution in [-0.4, -0.2) is 26.2 Å². The van der Waals surface area contributed by atoms with Crippen molar-refractivity contribution in [2.24, 2.45) is 0 Å². The molecule has 1 aliphatic rings. The zero-order valence-electron chi connectivity index (χ0n) is 10.2. The Hall–Kier alpha value is -1.40. The lowest BCUT2D eigenvalue weighted by Gasteiger charge is -2.06. The highest BCUT2D eigenvalue weighted by molar-refractivity contribution is 7.99. The van der Waals surface area contributed by atoms with Crippen LogP contribution in [0.5, 0.6) is 0 Å². The van der Waals surface area contributed by atoms with Gasteiger partial charge in [-0.2, -0.15) is 0 Å². The molecule has 1 saturated carbocycles. The first kappa shape index (κ1) is 11.7. The minimum absolute atomic E-state index is 0.703. The Morgan fingerprint density at radius 1 is 1.50 bits per heavy atom. The van der Waals surface area contributed by atoms with E-state index in [0.717, 1.165) is 22.6 Å². The smallest absolute Gasteiger partial charge is 0.214 e. The summed E-state index contributed by atoms with van der Waals surface area (Å²) in [7, 11) is 0. The van der Waals surface area contributed by atoms with Crippen molar-refractivity contribution in [1.82, 2.24) is 25.5 Å². The molecule has 94 valence electrons. The van der Waals surface area contributed by atoms with Gasteiger partial charge in [0.1, 0.15) is 10.9 Å². The number of pyridine rings is 1. The molecule has 18 heavy (non-hydrogen) atoms. The van der Waals surface area contributed by atoms with Crippen molar-refractivity contribution in [3.05, 3.63) is 29.7 Å². The van der Waals surface area contributed by atoms with Gasteiger partial charge in [0.2, 0.25) is 5.16 Å². The first-order valence-corrected chi connectivity index (χ1v) is 6.87. The fraction of sp³-hybridized carbons (Fsp3) is 0.417. The summed E-state index contributed by atoms with van der Waals surface area (Å²) in [6, 6.07) is 4.77. The largest absolute Gasteiger partial charge is 0.310 e. The second-order valence-electron chi connectivity index (χ2n) is 4.43. The molecule has 3 rings (SSSR count). The van der Waals surface area contributed by atoms with Gasteiger partial charge in [0, 0.05) is 18.8 Å². The molecule has 0 aliphatic heterocycles. The van der Waals surface area contributed by atoms with E-state index in [1.54, 1.807) is 0 Å². The van der Waals surface area contributed by atoms with Crippen LogP contribution in [-0.2, 0) is 6.54 Å². The van der Waals surface area contributed by atoms with Crippen LogP contribution in [0.15, 0.2) is 28.5 Å². The number of H-pyrrole nitrogens is 1. The van der Waals surface area contributed by atoms with Crippen molar-refractivity contribution in [3.63, 3.8) is 0 Å². The molecule has 2 heterocycles. The average molecular weight is 261 g/mol. The number of hydrogen-bond donors (Lipinski definition) is 2. The zero-order valence-corrected chi connectivity index (χ0v) is 11.0. The molecule has 0 saturated heterocycles. The van der Waals surface area contributed by atoms with E-state index in [1.165, 1.54) is 30.2 Å². The van der Waals surface area contributed by atoms with Crippen molar-refractivity contribution in [2.45, 2.75) is 42.5 Å². The Morgan fingerprint density at radius 2 is 2.39 bits per heavy atom. The maximum absolute atomic E-state index is 4.41. The summed E-state index contributed by atoms with van der Waals surface area (Å²) in [6.45, 7) is 2.76. The number of nitrogens with zero attached hydrogens (tertiary/aromatic N) is 3. The fourth-order valence-corrected chi connectivity index (χ4v) is 2.48.